The van der Waals surface area contributed by atoms with Gasteiger partial charge >= 0.3 is 0 Å². The molecule has 2 aromatic heterocycles. The Bertz CT molecular complexity index is 1300. The third-order valence-corrected chi connectivity index (χ3v) is 6.61. The van der Waals surface area contributed by atoms with Gasteiger partial charge in [-0.2, -0.15) is 5.10 Å². The van der Waals surface area contributed by atoms with Crippen molar-refractivity contribution in [2.75, 3.05) is 39.5 Å². The molecule has 0 N–H and O–H groups in total. The monoisotopic (exact) mass is 470 g/mol. The molecule has 2 aliphatic heterocycles. The van der Waals surface area contributed by atoms with Crippen LogP contribution < -0.4 is 14.2 Å². The summed E-state index contributed by atoms with van der Waals surface area (Å²) in [6, 6.07) is 20.3. The number of nitrogens with zero attached hydrogens (tertiary/aromatic N) is 4. The smallest absolute Gasteiger partial charge is 0.162 e. The Morgan fingerprint density at radius 1 is 0.886 bits per heavy atom. The van der Waals surface area contributed by atoms with E-state index in [0.717, 1.165) is 65.1 Å². The second-order valence-corrected chi connectivity index (χ2v) is 9.14. The van der Waals surface area contributed by atoms with Crippen molar-refractivity contribution in [1.82, 2.24) is 19.5 Å². The number of pyridine rings is 1. The molecule has 180 valence electrons. The molecule has 0 atom stereocenters. The van der Waals surface area contributed by atoms with Gasteiger partial charge < -0.3 is 19.1 Å². The van der Waals surface area contributed by atoms with E-state index < -0.39 is 0 Å². The Kier molecular flexibility index (Phi) is 6.24. The van der Waals surface area contributed by atoms with Crippen LogP contribution in [0.5, 0.6) is 17.2 Å². The number of rotatable bonds is 8. The molecule has 7 heteroatoms. The van der Waals surface area contributed by atoms with Crippen LogP contribution in [0.1, 0.15) is 30.7 Å². The van der Waals surface area contributed by atoms with Crippen LogP contribution in [-0.2, 0) is 6.42 Å². The van der Waals surface area contributed by atoms with Crippen LogP contribution in [0.2, 0.25) is 0 Å². The van der Waals surface area contributed by atoms with Crippen molar-refractivity contribution in [3.8, 4) is 28.5 Å². The predicted molar refractivity (Wildman–Crippen MR) is 134 cm³/mol. The summed E-state index contributed by atoms with van der Waals surface area (Å²) in [6.07, 6.45) is 4.41. The van der Waals surface area contributed by atoms with Crippen LogP contribution >= 0.6 is 0 Å². The molecule has 7 nitrogen and oxygen atoms in total. The second-order valence-electron chi connectivity index (χ2n) is 9.14. The summed E-state index contributed by atoms with van der Waals surface area (Å²) < 4.78 is 19.3. The molecule has 6 rings (SSSR count). The molecule has 4 heterocycles. The summed E-state index contributed by atoms with van der Waals surface area (Å²) in [7, 11) is 0. The number of benzene rings is 2. The van der Waals surface area contributed by atoms with Crippen molar-refractivity contribution in [3.05, 3.63) is 72.1 Å². The van der Waals surface area contributed by atoms with Crippen LogP contribution in [0, 0.1) is 0 Å². The Morgan fingerprint density at radius 2 is 1.71 bits per heavy atom. The van der Waals surface area contributed by atoms with Gasteiger partial charge in [0.15, 0.2) is 23.0 Å². The Morgan fingerprint density at radius 3 is 2.57 bits per heavy atom. The summed E-state index contributed by atoms with van der Waals surface area (Å²) in [4.78, 5) is 7.28. The molecule has 1 fully saturated rings. The first-order chi connectivity index (χ1) is 17.3. The molecular formula is C28H30N4O3. The SMILES string of the molecule is c1cc(-c2ccc3c(c2)OCCO3)n2nc(Cc3ccc(OCCCN4CCCC4)cc3)nc2c1. The Labute approximate surface area is 205 Å². The van der Waals surface area contributed by atoms with E-state index >= 15 is 0 Å². The summed E-state index contributed by atoms with van der Waals surface area (Å²) >= 11 is 0. The molecular weight excluding hydrogens is 440 g/mol. The van der Waals surface area contributed by atoms with Gasteiger partial charge in [0.05, 0.1) is 12.3 Å². The van der Waals surface area contributed by atoms with Gasteiger partial charge in [-0.1, -0.05) is 18.2 Å². The van der Waals surface area contributed by atoms with Gasteiger partial charge in [0.25, 0.3) is 0 Å². The maximum Gasteiger partial charge on any atom is 0.162 e. The maximum atomic E-state index is 5.94. The van der Waals surface area contributed by atoms with Gasteiger partial charge in [0.2, 0.25) is 0 Å². The molecule has 0 unspecified atom stereocenters. The number of fused-ring (bicyclic) bond motifs is 2. The summed E-state index contributed by atoms with van der Waals surface area (Å²) in [5.41, 5.74) is 3.97. The van der Waals surface area contributed by atoms with Crippen LogP contribution in [0.3, 0.4) is 0 Å². The lowest BCUT2D eigenvalue weighted by atomic mass is 10.1. The van der Waals surface area contributed by atoms with Gasteiger partial charge in [0, 0.05) is 18.5 Å². The normalized spacial score (nSPS) is 15.5. The van der Waals surface area contributed by atoms with Crippen molar-refractivity contribution in [3.63, 3.8) is 0 Å². The fraction of sp³-hybridized carbons (Fsp3) is 0.357. The maximum absolute atomic E-state index is 5.94. The third-order valence-electron chi connectivity index (χ3n) is 6.61. The van der Waals surface area contributed by atoms with Crippen LogP contribution in [0.4, 0.5) is 0 Å². The number of hydrogen-bond acceptors (Lipinski definition) is 6. The number of hydrogen-bond donors (Lipinski definition) is 0. The fourth-order valence-electron chi connectivity index (χ4n) is 4.82. The van der Waals surface area contributed by atoms with E-state index in [1.807, 2.05) is 53.0 Å². The van der Waals surface area contributed by atoms with E-state index in [-0.39, 0.29) is 0 Å². The van der Waals surface area contributed by atoms with Gasteiger partial charge in [-0.05, 0) is 80.4 Å². The van der Waals surface area contributed by atoms with Gasteiger partial charge in [-0.3, -0.25) is 0 Å². The highest BCUT2D eigenvalue weighted by Crippen LogP contribution is 2.34. The average molecular weight is 471 g/mol. The molecule has 0 saturated carbocycles. The van der Waals surface area contributed by atoms with Crippen molar-refractivity contribution in [2.24, 2.45) is 0 Å². The second kappa shape index (κ2) is 9.96. The quantitative estimate of drug-likeness (QED) is 0.350. The van der Waals surface area contributed by atoms with Crippen LogP contribution in [-0.4, -0.2) is 59.0 Å². The molecule has 0 bridgehead atoms. The fourth-order valence-corrected chi connectivity index (χ4v) is 4.82. The first-order valence-electron chi connectivity index (χ1n) is 12.5. The third kappa shape index (κ3) is 4.95. The molecule has 0 aliphatic carbocycles. The van der Waals surface area contributed by atoms with Crippen LogP contribution in [0.15, 0.2) is 60.7 Å². The molecule has 4 aromatic rings. The van der Waals surface area contributed by atoms with E-state index in [4.69, 9.17) is 24.3 Å². The summed E-state index contributed by atoms with van der Waals surface area (Å²) in [5, 5.41) is 4.81. The summed E-state index contributed by atoms with van der Waals surface area (Å²) in [5.74, 6) is 3.25. The van der Waals surface area contributed by atoms with E-state index in [0.29, 0.717) is 19.6 Å². The van der Waals surface area contributed by atoms with Gasteiger partial charge in [-0.25, -0.2) is 9.50 Å². The van der Waals surface area contributed by atoms with E-state index in [9.17, 15) is 0 Å². The van der Waals surface area contributed by atoms with Crippen molar-refractivity contribution in [1.29, 1.82) is 0 Å². The molecule has 2 aliphatic rings. The lowest BCUT2D eigenvalue weighted by Gasteiger charge is -2.19. The molecule has 0 spiro atoms. The lowest BCUT2D eigenvalue weighted by Crippen LogP contribution is -2.21. The van der Waals surface area contributed by atoms with Crippen molar-refractivity contribution < 1.29 is 14.2 Å². The number of likely N-dealkylation sites (tertiary alicyclic amines) is 1. The van der Waals surface area contributed by atoms with E-state index in [2.05, 4.69) is 17.0 Å². The van der Waals surface area contributed by atoms with Gasteiger partial charge in [-0.15, -0.1) is 0 Å². The van der Waals surface area contributed by atoms with Crippen molar-refractivity contribution in [2.45, 2.75) is 25.7 Å². The molecule has 35 heavy (non-hydrogen) atoms. The molecule has 1 saturated heterocycles. The highest BCUT2D eigenvalue weighted by molar-refractivity contribution is 5.66. The molecule has 2 aromatic carbocycles. The highest BCUT2D eigenvalue weighted by atomic mass is 16.6. The zero-order chi connectivity index (χ0) is 23.5. The van der Waals surface area contributed by atoms with Gasteiger partial charge in [0.1, 0.15) is 19.0 Å². The summed E-state index contributed by atoms with van der Waals surface area (Å²) in [6.45, 7) is 5.52. The first-order valence-corrected chi connectivity index (χ1v) is 12.5. The first kappa shape index (κ1) is 21.9. The molecule has 0 radical (unpaired) electrons. The Hall–Kier alpha value is -3.58. The zero-order valence-corrected chi connectivity index (χ0v) is 19.9. The lowest BCUT2D eigenvalue weighted by molar-refractivity contribution is 0.171. The topological polar surface area (TPSA) is 61.1 Å². The minimum absolute atomic E-state index is 0.566. The minimum atomic E-state index is 0.566. The standard InChI is InChI=1S/C28H30N4O3/c1-2-14-31(13-1)15-4-16-33-23-10-7-21(8-11-23)19-27-29-28-6-3-5-24(32(28)30-27)22-9-12-25-26(20-22)35-18-17-34-25/h3,5-12,20H,1-2,4,13-19H2. The van der Waals surface area contributed by atoms with E-state index in [1.54, 1.807) is 0 Å². The van der Waals surface area contributed by atoms with Crippen molar-refractivity contribution >= 4 is 5.65 Å². The Balaban J connectivity index is 1.12. The number of aromatic nitrogens is 3. The highest BCUT2D eigenvalue weighted by Gasteiger charge is 2.15. The zero-order valence-electron chi connectivity index (χ0n) is 19.9. The number of ether oxygens (including phenoxy) is 3. The predicted octanol–water partition coefficient (Wildman–Crippen LogP) is 4.62. The molecule has 0 amide bonds. The minimum Gasteiger partial charge on any atom is -0.494 e. The van der Waals surface area contributed by atoms with E-state index in [1.165, 1.54) is 25.9 Å². The largest absolute Gasteiger partial charge is 0.494 e. The van der Waals surface area contributed by atoms with Crippen LogP contribution in [0.25, 0.3) is 16.9 Å². The average Bonchev–Trinajstić information content (AvgIpc) is 3.57.